The summed E-state index contributed by atoms with van der Waals surface area (Å²) in [5.41, 5.74) is 2.81. The average molecular weight is 329 g/mol. The normalized spacial score (nSPS) is 15.8. The topological polar surface area (TPSA) is 66.8 Å². The molecule has 0 atom stereocenters. The molecule has 0 radical (unpaired) electrons. The van der Waals surface area contributed by atoms with Gasteiger partial charge in [-0.1, -0.05) is 20.8 Å². The van der Waals surface area contributed by atoms with Crippen LogP contribution in [0.15, 0.2) is 17.2 Å². The van der Waals surface area contributed by atoms with Crippen LogP contribution in [0.25, 0.3) is 0 Å². The first-order chi connectivity index (χ1) is 11.2. The third-order valence-corrected chi connectivity index (χ3v) is 4.45. The highest BCUT2D eigenvalue weighted by Gasteiger charge is 2.25. The van der Waals surface area contributed by atoms with Crippen LogP contribution in [0.2, 0.25) is 0 Å². The Hall–Kier alpha value is -1.95. The average Bonchev–Trinajstić information content (AvgIpc) is 2.95. The minimum atomic E-state index is -0.142. The molecule has 130 valence electrons. The lowest BCUT2D eigenvalue weighted by atomic mass is 9.95. The molecule has 1 aliphatic heterocycles. The first kappa shape index (κ1) is 16.9. The van der Waals surface area contributed by atoms with Gasteiger partial charge in [-0.3, -0.25) is 14.4 Å². The van der Waals surface area contributed by atoms with Crippen LogP contribution in [0.3, 0.4) is 0 Å². The molecule has 6 heteroatoms. The summed E-state index contributed by atoms with van der Waals surface area (Å²) >= 11 is 0. The number of hydrogen-bond acceptors (Lipinski definition) is 4. The minimum absolute atomic E-state index is 0.00694. The van der Waals surface area contributed by atoms with Gasteiger partial charge in [0, 0.05) is 49.3 Å². The number of fused-ring (bicyclic) bond motifs is 1. The van der Waals surface area contributed by atoms with Crippen molar-refractivity contribution in [2.24, 2.45) is 0 Å². The van der Waals surface area contributed by atoms with E-state index in [9.17, 15) is 4.79 Å². The SMILES string of the molecule is CC(C)n1cc(CN2CCc3nc(C(C)(C)C)[nH]c(=O)c3C2)cn1. The quantitative estimate of drug-likeness (QED) is 0.939. The Bertz CT molecular complexity index is 781. The van der Waals surface area contributed by atoms with E-state index in [0.29, 0.717) is 12.6 Å². The summed E-state index contributed by atoms with van der Waals surface area (Å²) in [5, 5.41) is 4.39. The summed E-state index contributed by atoms with van der Waals surface area (Å²) in [4.78, 5) is 22.5. The van der Waals surface area contributed by atoms with E-state index in [4.69, 9.17) is 4.98 Å². The molecule has 0 spiro atoms. The monoisotopic (exact) mass is 329 g/mol. The fourth-order valence-electron chi connectivity index (χ4n) is 2.97. The highest BCUT2D eigenvalue weighted by atomic mass is 16.1. The molecule has 3 rings (SSSR count). The maximum absolute atomic E-state index is 12.5. The van der Waals surface area contributed by atoms with E-state index in [-0.39, 0.29) is 11.0 Å². The molecule has 2 aromatic heterocycles. The van der Waals surface area contributed by atoms with E-state index in [2.05, 4.69) is 55.8 Å². The molecule has 0 unspecified atom stereocenters. The zero-order valence-electron chi connectivity index (χ0n) is 15.3. The second-order valence-corrected chi connectivity index (χ2v) is 7.97. The lowest BCUT2D eigenvalue weighted by Gasteiger charge is -2.28. The molecule has 0 fully saturated rings. The van der Waals surface area contributed by atoms with Crippen molar-refractivity contribution in [3.05, 3.63) is 45.4 Å². The maximum Gasteiger partial charge on any atom is 0.255 e. The van der Waals surface area contributed by atoms with E-state index in [1.807, 2.05) is 10.9 Å². The van der Waals surface area contributed by atoms with Gasteiger partial charge in [0.15, 0.2) is 0 Å². The number of rotatable bonds is 3. The third-order valence-electron chi connectivity index (χ3n) is 4.45. The molecule has 0 bridgehead atoms. The Labute approximate surface area is 142 Å². The first-order valence-corrected chi connectivity index (χ1v) is 8.62. The zero-order chi connectivity index (χ0) is 17.5. The molecule has 3 heterocycles. The Morgan fingerprint density at radius 2 is 2.08 bits per heavy atom. The summed E-state index contributed by atoms with van der Waals surface area (Å²) in [6, 6.07) is 0.365. The predicted octanol–water partition coefficient (Wildman–Crippen LogP) is 2.40. The molecule has 0 aliphatic carbocycles. The van der Waals surface area contributed by atoms with E-state index in [1.54, 1.807) is 0 Å². The number of nitrogens with zero attached hydrogens (tertiary/aromatic N) is 4. The van der Waals surface area contributed by atoms with Crippen LogP contribution in [-0.2, 0) is 24.9 Å². The Morgan fingerprint density at radius 1 is 1.33 bits per heavy atom. The number of H-pyrrole nitrogens is 1. The summed E-state index contributed by atoms with van der Waals surface area (Å²) in [7, 11) is 0. The molecule has 2 aromatic rings. The van der Waals surface area contributed by atoms with Crippen molar-refractivity contribution in [1.29, 1.82) is 0 Å². The maximum atomic E-state index is 12.5. The van der Waals surface area contributed by atoms with Crippen molar-refractivity contribution in [3.8, 4) is 0 Å². The standard InChI is InChI=1S/C18H27N5O/c1-12(2)23-10-13(8-19-23)9-22-7-6-15-14(11-22)16(24)21-17(20-15)18(3,4)5/h8,10,12H,6-7,9,11H2,1-5H3,(H,20,21,24). The van der Waals surface area contributed by atoms with Crippen LogP contribution in [0.4, 0.5) is 0 Å². The van der Waals surface area contributed by atoms with E-state index in [1.165, 1.54) is 5.56 Å². The first-order valence-electron chi connectivity index (χ1n) is 8.62. The smallest absolute Gasteiger partial charge is 0.255 e. The van der Waals surface area contributed by atoms with Gasteiger partial charge in [-0.05, 0) is 13.8 Å². The lowest BCUT2D eigenvalue weighted by molar-refractivity contribution is 0.241. The van der Waals surface area contributed by atoms with Crippen LogP contribution in [0, 0.1) is 0 Å². The molecule has 1 aliphatic rings. The summed E-state index contributed by atoms with van der Waals surface area (Å²) in [6.07, 6.45) is 4.83. The number of hydrogen-bond donors (Lipinski definition) is 1. The van der Waals surface area contributed by atoms with Gasteiger partial charge >= 0.3 is 0 Å². The van der Waals surface area contributed by atoms with Gasteiger partial charge in [0.25, 0.3) is 5.56 Å². The Kier molecular flexibility index (Phi) is 4.34. The second-order valence-electron chi connectivity index (χ2n) is 7.97. The number of nitrogens with one attached hydrogen (secondary N) is 1. The lowest BCUT2D eigenvalue weighted by Crippen LogP contribution is -2.37. The Balaban J connectivity index is 1.78. The fourth-order valence-corrected chi connectivity index (χ4v) is 2.97. The van der Waals surface area contributed by atoms with E-state index < -0.39 is 0 Å². The summed E-state index contributed by atoms with van der Waals surface area (Å²) < 4.78 is 1.97. The van der Waals surface area contributed by atoms with Crippen molar-refractivity contribution in [2.75, 3.05) is 6.54 Å². The van der Waals surface area contributed by atoms with E-state index >= 15 is 0 Å². The van der Waals surface area contributed by atoms with Gasteiger partial charge in [-0.2, -0.15) is 5.10 Å². The van der Waals surface area contributed by atoms with Gasteiger partial charge in [-0.15, -0.1) is 0 Å². The van der Waals surface area contributed by atoms with Gasteiger partial charge in [0.2, 0.25) is 0 Å². The van der Waals surface area contributed by atoms with Crippen molar-refractivity contribution in [1.82, 2.24) is 24.6 Å². The molecule has 6 nitrogen and oxygen atoms in total. The minimum Gasteiger partial charge on any atom is -0.310 e. The van der Waals surface area contributed by atoms with Crippen LogP contribution < -0.4 is 5.56 Å². The van der Waals surface area contributed by atoms with Crippen molar-refractivity contribution < 1.29 is 0 Å². The van der Waals surface area contributed by atoms with Crippen molar-refractivity contribution >= 4 is 0 Å². The molecule has 0 amide bonds. The van der Waals surface area contributed by atoms with Gasteiger partial charge in [0.1, 0.15) is 5.82 Å². The van der Waals surface area contributed by atoms with Gasteiger partial charge < -0.3 is 4.98 Å². The molecular weight excluding hydrogens is 302 g/mol. The van der Waals surface area contributed by atoms with E-state index in [0.717, 1.165) is 36.6 Å². The van der Waals surface area contributed by atoms with Crippen molar-refractivity contribution in [2.45, 2.75) is 65.6 Å². The highest BCUT2D eigenvalue weighted by Crippen LogP contribution is 2.21. The molecule has 24 heavy (non-hydrogen) atoms. The predicted molar refractivity (Wildman–Crippen MR) is 94.0 cm³/mol. The Morgan fingerprint density at radius 3 is 2.71 bits per heavy atom. The van der Waals surface area contributed by atoms with Crippen LogP contribution in [0.1, 0.15) is 63.3 Å². The largest absolute Gasteiger partial charge is 0.310 e. The number of aromatic amines is 1. The third kappa shape index (κ3) is 3.43. The molecule has 1 N–H and O–H groups in total. The van der Waals surface area contributed by atoms with Gasteiger partial charge in [-0.25, -0.2) is 4.98 Å². The summed E-state index contributed by atoms with van der Waals surface area (Å²) in [5.74, 6) is 0.776. The van der Waals surface area contributed by atoms with Crippen molar-refractivity contribution in [3.63, 3.8) is 0 Å². The number of aromatic nitrogens is 4. The van der Waals surface area contributed by atoms with Gasteiger partial charge in [0.05, 0.1) is 17.5 Å². The molecular formula is C18H27N5O. The summed E-state index contributed by atoms with van der Waals surface area (Å²) in [6.45, 7) is 12.8. The molecule has 0 saturated heterocycles. The second kappa shape index (κ2) is 6.16. The highest BCUT2D eigenvalue weighted by molar-refractivity contribution is 5.23. The fraction of sp³-hybridized carbons (Fsp3) is 0.611. The van der Waals surface area contributed by atoms with Crippen LogP contribution in [0.5, 0.6) is 0 Å². The van der Waals surface area contributed by atoms with Crippen LogP contribution >= 0.6 is 0 Å². The zero-order valence-corrected chi connectivity index (χ0v) is 15.3. The molecule has 0 aromatic carbocycles. The molecule has 0 saturated carbocycles. The van der Waals surface area contributed by atoms with Crippen LogP contribution in [-0.4, -0.2) is 31.2 Å².